The molecular formula is C20H19N5O6S. The number of nitrogens with zero attached hydrogens (tertiary/aromatic N) is 2. The van der Waals surface area contributed by atoms with E-state index in [4.69, 9.17) is 9.47 Å². The topological polar surface area (TPSA) is 159 Å². The minimum absolute atomic E-state index is 0.0782. The van der Waals surface area contributed by atoms with E-state index in [2.05, 4.69) is 25.7 Å². The number of H-pyrrole nitrogens is 2. The first-order valence-electron chi connectivity index (χ1n) is 9.11. The maximum Gasteiger partial charge on any atom is 0.342 e. The standard InChI is InChI=1S/C20H19N5O6S/c1-30-13-8-11(9-14(31-2)15(13)26)10-21-23-17(27)16(12-6-4-3-5-7-12)32-19-18(28)22-20(29)25-24-19/h3-10,16,26H,1-2H3,(H,23,27)(H2,22,25,28,29)/b21-10-. The van der Waals surface area contributed by atoms with Gasteiger partial charge in [0.25, 0.3) is 11.5 Å². The zero-order valence-corrected chi connectivity index (χ0v) is 17.8. The van der Waals surface area contributed by atoms with Gasteiger partial charge < -0.3 is 14.6 Å². The van der Waals surface area contributed by atoms with Gasteiger partial charge in [0.05, 0.1) is 20.4 Å². The normalized spacial score (nSPS) is 11.8. The van der Waals surface area contributed by atoms with Crippen LogP contribution < -0.4 is 26.1 Å². The molecule has 0 bridgehead atoms. The number of carbonyl (C=O) groups is 1. The van der Waals surface area contributed by atoms with Crippen LogP contribution in [-0.4, -0.2) is 46.6 Å². The molecule has 0 fully saturated rings. The van der Waals surface area contributed by atoms with E-state index in [-0.39, 0.29) is 22.3 Å². The van der Waals surface area contributed by atoms with Gasteiger partial charge in [-0.25, -0.2) is 15.3 Å². The molecule has 1 unspecified atom stereocenters. The van der Waals surface area contributed by atoms with Gasteiger partial charge in [0.2, 0.25) is 5.75 Å². The number of amides is 1. The van der Waals surface area contributed by atoms with Crippen LogP contribution in [0.5, 0.6) is 17.2 Å². The average molecular weight is 457 g/mol. The van der Waals surface area contributed by atoms with Gasteiger partial charge in [-0.05, 0) is 17.7 Å². The van der Waals surface area contributed by atoms with E-state index in [1.54, 1.807) is 30.3 Å². The van der Waals surface area contributed by atoms with Gasteiger partial charge >= 0.3 is 5.69 Å². The second-order valence-electron chi connectivity index (χ2n) is 6.23. The summed E-state index contributed by atoms with van der Waals surface area (Å²) >= 11 is 0.862. The summed E-state index contributed by atoms with van der Waals surface area (Å²) in [5.41, 5.74) is 2.07. The van der Waals surface area contributed by atoms with E-state index >= 15 is 0 Å². The van der Waals surface area contributed by atoms with E-state index < -0.39 is 22.4 Å². The number of rotatable bonds is 8. The molecule has 1 amide bonds. The number of carbonyl (C=O) groups excluding carboxylic acids is 1. The van der Waals surface area contributed by atoms with Crippen molar-refractivity contribution in [3.8, 4) is 17.2 Å². The van der Waals surface area contributed by atoms with E-state index in [1.165, 1.54) is 32.6 Å². The summed E-state index contributed by atoms with van der Waals surface area (Å²) < 4.78 is 10.2. The molecule has 0 spiro atoms. The summed E-state index contributed by atoms with van der Waals surface area (Å²) in [5.74, 6) is -0.325. The molecule has 1 aromatic heterocycles. The van der Waals surface area contributed by atoms with E-state index in [9.17, 15) is 19.5 Å². The number of thioether (sulfide) groups is 1. The lowest BCUT2D eigenvalue weighted by Crippen LogP contribution is -2.28. The Kier molecular flexibility index (Phi) is 7.29. The van der Waals surface area contributed by atoms with Crippen LogP contribution in [0.4, 0.5) is 0 Å². The van der Waals surface area contributed by atoms with Gasteiger partial charge in [0, 0.05) is 5.56 Å². The Hall–Kier alpha value is -4.06. The largest absolute Gasteiger partial charge is 0.502 e. The highest BCUT2D eigenvalue weighted by Gasteiger charge is 2.24. The zero-order valence-electron chi connectivity index (χ0n) is 17.0. The lowest BCUT2D eigenvalue weighted by atomic mass is 10.1. The van der Waals surface area contributed by atoms with E-state index in [0.717, 1.165) is 11.8 Å². The fourth-order valence-corrected chi connectivity index (χ4v) is 3.58. The highest BCUT2D eigenvalue weighted by molar-refractivity contribution is 8.00. The highest BCUT2D eigenvalue weighted by atomic mass is 32.2. The van der Waals surface area contributed by atoms with Crippen LogP contribution in [0.3, 0.4) is 0 Å². The van der Waals surface area contributed by atoms with Gasteiger partial charge in [-0.15, -0.1) is 0 Å². The summed E-state index contributed by atoms with van der Waals surface area (Å²) in [6.45, 7) is 0. The second kappa shape index (κ2) is 10.3. The number of methoxy groups -OCH3 is 2. The second-order valence-corrected chi connectivity index (χ2v) is 7.32. The van der Waals surface area contributed by atoms with Crippen molar-refractivity contribution >= 4 is 23.9 Å². The van der Waals surface area contributed by atoms with Crippen LogP contribution in [0, 0.1) is 0 Å². The molecule has 0 aliphatic heterocycles. The summed E-state index contributed by atoms with van der Waals surface area (Å²) in [4.78, 5) is 38.2. The Morgan fingerprint density at radius 2 is 1.84 bits per heavy atom. The van der Waals surface area contributed by atoms with Crippen LogP contribution in [0.25, 0.3) is 0 Å². The van der Waals surface area contributed by atoms with Crippen molar-refractivity contribution in [2.24, 2.45) is 5.10 Å². The minimum atomic E-state index is -0.878. The van der Waals surface area contributed by atoms with E-state index in [0.29, 0.717) is 11.1 Å². The number of aromatic nitrogens is 3. The molecule has 1 atom stereocenters. The van der Waals surface area contributed by atoms with Crippen molar-refractivity contribution in [3.63, 3.8) is 0 Å². The lowest BCUT2D eigenvalue weighted by Gasteiger charge is -2.14. The maximum absolute atomic E-state index is 12.9. The van der Waals surface area contributed by atoms with Crippen LogP contribution in [-0.2, 0) is 4.79 Å². The molecule has 12 heteroatoms. The van der Waals surface area contributed by atoms with Crippen molar-refractivity contribution in [2.45, 2.75) is 10.3 Å². The average Bonchev–Trinajstić information content (AvgIpc) is 2.79. The Morgan fingerprint density at radius 1 is 1.19 bits per heavy atom. The quantitative estimate of drug-likeness (QED) is 0.223. The summed E-state index contributed by atoms with van der Waals surface area (Å²) in [7, 11) is 2.79. The predicted octanol–water partition coefficient (Wildman–Crippen LogP) is 1.16. The van der Waals surface area contributed by atoms with Crippen molar-refractivity contribution in [2.75, 3.05) is 14.2 Å². The summed E-state index contributed by atoms with van der Waals surface area (Å²) in [5, 5.41) is 18.8. The fourth-order valence-electron chi connectivity index (χ4n) is 2.65. The molecule has 0 saturated carbocycles. The van der Waals surface area contributed by atoms with E-state index in [1.807, 2.05) is 0 Å². The molecule has 32 heavy (non-hydrogen) atoms. The van der Waals surface area contributed by atoms with Gasteiger partial charge in [0.1, 0.15) is 5.25 Å². The first-order valence-corrected chi connectivity index (χ1v) is 9.99. The van der Waals surface area contributed by atoms with Crippen LogP contribution in [0.15, 0.2) is 62.2 Å². The number of hydrogen-bond acceptors (Lipinski definition) is 9. The molecule has 0 saturated heterocycles. The molecule has 0 aliphatic carbocycles. The first-order chi connectivity index (χ1) is 15.4. The molecular weight excluding hydrogens is 438 g/mol. The molecule has 4 N–H and O–H groups in total. The van der Waals surface area contributed by atoms with Crippen LogP contribution >= 0.6 is 11.8 Å². The number of phenols is 1. The molecule has 0 radical (unpaired) electrons. The lowest BCUT2D eigenvalue weighted by molar-refractivity contribution is -0.120. The fraction of sp³-hybridized carbons (Fsp3) is 0.150. The molecule has 3 aromatic rings. The maximum atomic E-state index is 12.9. The third kappa shape index (κ3) is 5.35. The summed E-state index contributed by atoms with van der Waals surface area (Å²) in [6.07, 6.45) is 1.35. The highest BCUT2D eigenvalue weighted by Crippen LogP contribution is 2.36. The van der Waals surface area contributed by atoms with Gasteiger partial charge in [0.15, 0.2) is 16.5 Å². The Bertz CT molecular complexity index is 1220. The monoisotopic (exact) mass is 457 g/mol. The Balaban J connectivity index is 1.83. The number of ether oxygens (including phenoxy) is 2. The number of hydrazone groups is 1. The van der Waals surface area contributed by atoms with Crippen molar-refractivity contribution in [3.05, 3.63) is 74.4 Å². The number of phenolic OH excluding ortho intramolecular Hbond substituents is 1. The molecule has 3 rings (SSSR count). The first kappa shape index (κ1) is 22.6. The third-order valence-corrected chi connectivity index (χ3v) is 5.36. The number of benzene rings is 2. The van der Waals surface area contributed by atoms with Gasteiger partial charge in [-0.3, -0.25) is 14.6 Å². The predicted molar refractivity (Wildman–Crippen MR) is 117 cm³/mol. The Morgan fingerprint density at radius 3 is 2.44 bits per heavy atom. The Labute approximate surface area is 185 Å². The van der Waals surface area contributed by atoms with Crippen LogP contribution in [0.2, 0.25) is 0 Å². The third-order valence-electron chi connectivity index (χ3n) is 4.14. The smallest absolute Gasteiger partial charge is 0.342 e. The molecule has 11 nitrogen and oxygen atoms in total. The van der Waals surface area contributed by atoms with Crippen molar-refractivity contribution in [1.29, 1.82) is 0 Å². The molecule has 166 valence electrons. The molecule has 2 aromatic carbocycles. The molecule has 0 aliphatic rings. The van der Waals surface area contributed by atoms with Crippen molar-refractivity contribution < 1.29 is 19.4 Å². The summed E-state index contributed by atoms with van der Waals surface area (Å²) in [6, 6.07) is 11.8. The number of aromatic hydroxyl groups is 1. The van der Waals surface area contributed by atoms with Crippen LogP contribution in [0.1, 0.15) is 16.4 Å². The van der Waals surface area contributed by atoms with Crippen molar-refractivity contribution in [1.82, 2.24) is 20.6 Å². The number of nitrogens with one attached hydrogen (secondary N) is 3. The van der Waals surface area contributed by atoms with Gasteiger partial charge in [-0.2, -0.15) is 10.2 Å². The SMILES string of the molecule is COc1cc(/C=N\NC(=O)C(Sc2n[nH]c(=O)[nH]c2=O)c2ccccc2)cc(OC)c1O. The minimum Gasteiger partial charge on any atom is -0.502 e. The zero-order chi connectivity index (χ0) is 23.1. The van der Waals surface area contributed by atoms with Gasteiger partial charge in [-0.1, -0.05) is 42.1 Å². The number of hydrogen-bond donors (Lipinski definition) is 4. The number of aromatic amines is 2. The molecule has 1 heterocycles.